The van der Waals surface area contributed by atoms with Gasteiger partial charge in [-0.1, -0.05) is 19.1 Å². The van der Waals surface area contributed by atoms with Crippen molar-refractivity contribution in [1.29, 1.82) is 0 Å². The summed E-state index contributed by atoms with van der Waals surface area (Å²) < 4.78 is 11.1. The molecule has 1 aliphatic heterocycles. The van der Waals surface area contributed by atoms with Gasteiger partial charge in [-0.05, 0) is 44.9 Å². The van der Waals surface area contributed by atoms with Crippen molar-refractivity contribution < 1.29 is 19.4 Å². The second-order valence-corrected chi connectivity index (χ2v) is 7.23. The molecule has 0 radical (unpaired) electrons. The predicted molar refractivity (Wildman–Crippen MR) is 88.4 cm³/mol. The third-order valence-electron chi connectivity index (χ3n) is 4.14. The van der Waals surface area contributed by atoms with Crippen molar-refractivity contribution in [3.63, 3.8) is 0 Å². The third kappa shape index (κ3) is 4.38. The molecule has 1 heterocycles. The normalized spacial score (nSPS) is 25.3. The quantitative estimate of drug-likeness (QED) is 0.902. The van der Waals surface area contributed by atoms with E-state index >= 15 is 0 Å². The summed E-state index contributed by atoms with van der Waals surface area (Å²) in [6.45, 7) is 8.22. The van der Waals surface area contributed by atoms with Gasteiger partial charge in [0.05, 0.1) is 12.1 Å². The number of phenols is 1. The van der Waals surface area contributed by atoms with Crippen LogP contribution in [0.4, 0.5) is 4.79 Å². The van der Waals surface area contributed by atoms with E-state index in [-0.39, 0.29) is 29.9 Å². The Kier molecular flexibility index (Phi) is 5.19. The minimum atomic E-state index is -0.540. The molecule has 0 aliphatic carbocycles. The van der Waals surface area contributed by atoms with Crippen LogP contribution in [0.5, 0.6) is 5.75 Å². The summed E-state index contributed by atoms with van der Waals surface area (Å²) in [6.07, 6.45) is 0.425. The number of hydrogen-bond acceptors (Lipinski definition) is 4. The Labute approximate surface area is 138 Å². The van der Waals surface area contributed by atoms with Crippen LogP contribution in [-0.2, 0) is 9.47 Å². The molecule has 2 unspecified atom stereocenters. The van der Waals surface area contributed by atoms with Crippen LogP contribution >= 0.6 is 0 Å². The maximum Gasteiger partial charge on any atom is 0.410 e. The van der Waals surface area contributed by atoms with Gasteiger partial charge in [0.2, 0.25) is 0 Å². The number of carbonyl (C=O) groups is 1. The lowest BCUT2D eigenvalue weighted by Gasteiger charge is -2.43. The zero-order valence-electron chi connectivity index (χ0n) is 14.6. The van der Waals surface area contributed by atoms with E-state index < -0.39 is 5.60 Å². The maximum absolute atomic E-state index is 12.6. The van der Waals surface area contributed by atoms with Gasteiger partial charge >= 0.3 is 6.09 Å². The largest absolute Gasteiger partial charge is 0.508 e. The molecule has 23 heavy (non-hydrogen) atoms. The SMILES string of the molecule is COC1C[C@H](c2cccc(O)c2)N(C(=O)OC(C)(C)C)CC1C. The number of phenolic OH excluding ortho intramolecular Hbond substituents is 1. The molecule has 0 aromatic heterocycles. The van der Waals surface area contributed by atoms with Crippen LogP contribution in [-0.4, -0.2) is 41.5 Å². The van der Waals surface area contributed by atoms with Gasteiger partial charge in [0, 0.05) is 19.6 Å². The van der Waals surface area contributed by atoms with Crippen molar-refractivity contribution in [3.05, 3.63) is 29.8 Å². The Hall–Kier alpha value is -1.75. The van der Waals surface area contributed by atoms with Gasteiger partial charge in [-0.2, -0.15) is 0 Å². The second-order valence-electron chi connectivity index (χ2n) is 7.23. The van der Waals surface area contributed by atoms with Crippen LogP contribution in [0.3, 0.4) is 0 Å². The Morgan fingerprint density at radius 2 is 2.04 bits per heavy atom. The van der Waals surface area contributed by atoms with E-state index in [4.69, 9.17) is 9.47 Å². The fourth-order valence-electron chi connectivity index (χ4n) is 3.03. The number of piperidine rings is 1. The summed E-state index contributed by atoms with van der Waals surface area (Å²) in [5.74, 6) is 0.417. The first kappa shape index (κ1) is 17.6. The maximum atomic E-state index is 12.6. The average Bonchev–Trinajstić information content (AvgIpc) is 2.45. The number of aromatic hydroxyl groups is 1. The molecule has 0 spiro atoms. The molecule has 0 bridgehead atoms. The molecule has 3 atom stereocenters. The predicted octanol–water partition coefficient (Wildman–Crippen LogP) is 3.73. The van der Waals surface area contributed by atoms with Gasteiger partial charge < -0.3 is 19.5 Å². The number of carbonyl (C=O) groups excluding carboxylic acids is 1. The zero-order valence-corrected chi connectivity index (χ0v) is 14.6. The zero-order chi connectivity index (χ0) is 17.2. The van der Waals surface area contributed by atoms with E-state index in [0.717, 1.165) is 5.56 Å². The molecule has 5 nitrogen and oxygen atoms in total. The van der Waals surface area contributed by atoms with Crippen LogP contribution in [0.25, 0.3) is 0 Å². The van der Waals surface area contributed by atoms with Crippen LogP contribution in [0.15, 0.2) is 24.3 Å². The first-order valence-corrected chi connectivity index (χ1v) is 8.02. The molecule has 1 N–H and O–H groups in total. The molecule has 1 aliphatic rings. The van der Waals surface area contributed by atoms with E-state index in [2.05, 4.69) is 6.92 Å². The number of benzene rings is 1. The summed E-state index contributed by atoms with van der Waals surface area (Å²) in [7, 11) is 1.70. The minimum Gasteiger partial charge on any atom is -0.508 e. The van der Waals surface area contributed by atoms with Crippen molar-refractivity contribution in [2.24, 2.45) is 5.92 Å². The summed E-state index contributed by atoms with van der Waals surface area (Å²) in [6, 6.07) is 6.87. The Bertz CT molecular complexity index is 552. The highest BCUT2D eigenvalue weighted by molar-refractivity contribution is 5.69. The lowest BCUT2D eigenvalue weighted by Crippen LogP contribution is -2.49. The fraction of sp³-hybridized carbons (Fsp3) is 0.611. The molecule has 0 saturated carbocycles. The Morgan fingerprint density at radius 3 is 2.61 bits per heavy atom. The number of amides is 1. The van der Waals surface area contributed by atoms with Crippen LogP contribution < -0.4 is 0 Å². The van der Waals surface area contributed by atoms with Gasteiger partial charge in [-0.3, -0.25) is 0 Å². The number of rotatable bonds is 2. The summed E-state index contributed by atoms with van der Waals surface area (Å²) in [5, 5.41) is 9.76. The summed E-state index contributed by atoms with van der Waals surface area (Å²) in [4.78, 5) is 14.4. The molecule has 2 rings (SSSR count). The molecule has 1 fully saturated rings. The van der Waals surface area contributed by atoms with Crippen LogP contribution in [0.1, 0.15) is 45.7 Å². The molecule has 1 aromatic carbocycles. The highest BCUT2D eigenvalue weighted by Gasteiger charge is 2.38. The first-order valence-electron chi connectivity index (χ1n) is 8.02. The van der Waals surface area contributed by atoms with E-state index in [1.165, 1.54) is 0 Å². The monoisotopic (exact) mass is 321 g/mol. The number of hydrogen-bond donors (Lipinski definition) is 1. The third-order valence-corrected chi connectivity index (χ3v) is 4.14. The van der Waals surface area contributed by atoms with Crippen LogP contribution in [0.2, 0.25) is 0 Å². The van der Waals surface area contributed by atoms with E-state index in [9.17, 15) is 9.90 Å². The summed E-state index contributed by atoms with van der Waals surface area (Å²) in [5.41, 5.74) is 0.353. The lowest BCUT2D eigenvalue weighted by molar-refractivity contribution is -0.0417. The van der Waals surface area contributed by atoms with Crippen molar-refractivity contribution in [1.82, 2.24) is 4.90 Å². The van der Waals surface area contributed by atoms with Crippen molar-refractivity contribution in [3.8, 4) is 5.75 Å². The van der Waals surface area contributed by atoms with Crippen molar-refractivity contribution >= 4 is 6.09 Å². The molecule has 1 amide bonds. The molecular weight excluding hydrogens is 294 g/mol. The smallest absolute Gasteiger partial charge is 0.410 e. The van der Waals surface area contributed by atoms with Gasteiger partial charge in [-0.25, -0.2) is 4.79 Å². The highest BCUT2D eigenvalue weighted by Crippen LogP contribution is 2.36. The minimum absolute atomic E-state index is 0.0704. The standard InChI is InChI=1S/C18H27NO4/c1-12-11-19(17(21)23-18(2,3)4)15(10-16(12)22-5)13-7-6-8-14(20)9-13/h6-9,12,15-16,20H,10-11H2,1-5H3/t12?,15-,16?/m1/s1. The molecule has 5 heteroatoms. The molecule has 1 aromatic rings. The van der Waals surface area contributed by atoms with E-state index in [0.29, 0.717) is 13.0 Å². The Balaban J connectivity index is 2.30. The number of methoxy groups -OCH3 is 1. The number of ether oxygens (including phenoxy) is 2. The van der Waals surface area contributed by atoms with Gasteiger partial charge in [0.1, 0.15) is 11.4 Å². The van der Waals surface area contributed by atoms with Crippen LogP contribution in [0, 0.1) is 5.92 Å². The lowest BCUT2D eigenvalue weighted by atomic mass is 9.87. The average molecular weight is 321 g/mol. The van der Waals surface area contributed by atoms with Crippen molar-refractivity contribution in [2.45, 2.75) is 51.9 Å². The Morgan fingerprint density at radius 1 is 1.35 bits per heavy atom. The number of likely N-dealkylation sites (tertiary alicyclic amines) is 1. The fourth-order valence-corrected chi connectivity index (χ4v) is 3.03. The van der Waals surface area contributed by atoms with Gasteiger partial charge in [0.15, 0.2) is 0 Å². The second kappa shape index (κ2) is 6.79. The van der Waals surface area contributed by atoms with E-state index in [1.54, 1.807) is 30.2 Å². The summed E-state index contributed by atoms with van der Waals surface area (Å²) >= 11 is 0. The highest BCUT2D eigenvalue weighted by atomic mass is 16.6. The molecule has 1 saturated heterocycles. The van der Waals surface area contributed by atoms with Gasteiger partial charge in [-0.15, -0.1) is 0 Å². The first-order chi connectivity index (χ1) is 10.7. The number of nitrogens with zero attached hydrogens (tertiary/aromatic N) is 1. The van der Waals surface area contributed by atoms with Gasteiger partial charge in [0.25, 0.3) is 0 Å². The molecular formula is C18H27NO4. The molecule has 128 valence electrons. The topological polar surface area (TPSA) is 59.0 Å². The van der Waals surface area contributed by atoms with Crippen molar-refractivity contribution in [2.75, 3.05) is 13.7 Å². The van der Waals surface area contributed by atoms with E-state index in [1.807, 2.05) is 26.8 Å².